The van der Waals surface area contributed by atoms with Crippen LogP contribution in [0.25, 0.3) is 0 Å². The van der Waals surface area contributed by atoms with Gasteiger partial charge in [-0.1, -0.05) is 12.1 Å². The van der Waals surface area contributed by atoms with Gasteiger partial charge in [-0.05, 0) is 43.3 Å². The molecule has 0 fully saturated rings. The minimum Gasteiger partial charge on any atom is -0.497 e. The molecule has 0 aliphatic carbocycles. The Balaban J connectivity index is 1.72. The van der Waals surface area contributed by atoms with Crippen LogP contribution in [0.3, 0.4) is 0 Å². The van der Waals surface area contributed by atoms with Crippen LogP contribution < -0.4 is 20.1 Å². The number of amides is 1. The van der Waals surface area contributed by atoms with E-state index in [1.807, 2.05) is 0 Å². The monoisotopic (exact) mass is 392 g/mol. The standard InChI is InChI=1S/C21H20N4O4/c1-13(26)14-5-4-6-15(11-14)22-21(27)17-8-10-20(25-24-17)23-18-12-16(28-2)7-9-19(18)29-3/h4-12H,1-3H3,(H,22,27)(H,23,25). The molecule has 0 atom stereocenters. The summed E-state index contributed by atoms with van der Waals surface area (Å²) in [4.78, 5) is 23.9. The molecule has 0 spiro atoms. The predicted octanol–water partition coefficient (Wildman–Crippen LogP) is 3.69. The normalized spacial score (nSPS) is 10.2. The summed E-state index contributed by atoms with van der Waals surface area (Å²) in [7, 11) is 3.14. The second-order valence-corrected chi connectivity index (χ2v) is 6.09. The summed E-state index contributed by atoms with van der Waals surface area (Å²) in [5.41, 5.74) is 1.81. The van der Waals surface area contributed by atoms with Crippen LogP contribution in [0.4, 0.5) is 17.2 Å². The predicted molar refractivity (Wildman–Crippen MR) is 109 cm³/mol. The van der Waals surface area contributed by atoms with E-state index in [4.69, 9.17) is 9.47 Å². The third-order valence-corrected chi connectivity index (χ3v) is 4.09. The molecule has 1 heterocycles. The number of ether oxygens (including phenoxy) is 2. The first-order valence-electron chi connectivity index (χ1n) is 8.75. The van der Waals surface area contributed by atoms with Crippen LogP contribution in [0.1, 0.15) is 27.8 Å². The zero-order valence-electron chi connectivity index (χ0n) is 16.2. The lowest BCUT2D eigenvalue weighted by Crippen LogP contribution is -2.15. The molecule has 2 N–H and O–H groups in total. The Hall–Kier alpha value is -3.94. The van der Waals surface area contributed by atoms with Gasteiger partial charge in [-0.2, -0.15) is 0 Å². The van der Waals surface area contributed by atoms with Gasteiger partial charge in [0, 0.05) is 17.3 Å². The van der Waals surface area contributed by atoms with Crippen molar-refractivity contribution in [1.82, 2.24) is 10.2 Å². The largest absolute Gasteiger partial charge is 0.497 e. The summed E-state index contributed by atoms with van der Waals surface area (Å²) < 4.78 is 10.5. The van der Waals surface area contributed by atoms with Crippen molar-refractivity contribution >= 4 is 28.9 Å². The highest BCUT2D eigenvalue weighted by molar-refractivity contribution is 6.03. The van der Waals surface area contributed by atoms with Gasteiger partial charge >= 0.3 is 0 Å². The number of benzene rings is 2. The zero-order chi connectivity index (χ0) is 20.8. The average Bonchev–Trinajstić information content (AvgIpc) is 2.74. The van der Waals surface area contributed by atoms with Crippen molar-refractivity contribution in [3.05, 3.63) is 65.9 Å². The van der Waals surface area contributed by atoms with E-state index in [1.165, 1.54) is 6.92 Å². The number of rotatable bonds is 7. The number of hydrogen-bond acceptors (Lipinski definition) is 7. The van der Waals surface area contributed by atoms with E-state index in [9.17, 15) is 9.59 Å². The first kappa shape index (κ1) is 19.8. The zero-order valence-corrected chi connectivity index (χ0v) is 16.2. The van der Waals surface area contributed by atoms with E-state index in [-0.39, 0.29) is 11.5 Å². The van der Waals surface area contributed by atoms with Crippen molar-refractivity contribution in [2.75, 3.05) is 24.9 Å². The van der Waals surface area contributed by atoms with Gasteiger partial charge in [-0.25, -0.2) is 0 Å². The van der Waals surface area contributed by atoms with Gasteiger partial charge in [0.15, 0.2) is 17.3 Å². The maximum atomic E-state index is 12.4. The van der Waals surface area contributed by atoms with Crippen LogP contribution in [0.2, 0.25) is 0 Å². The van der Waals surface area contributed by atoms with Crippen LogP contribution in [0, 0.1) is 0 Å². The molecule has 2 aromatic carbocycles. The number of methoxy groups -OCH3 is 2. The van der Waals surface area contributed by atoms with Crippen molar-refractivity contribution in [2.24, 2.45) is 0 Å². The number of aromatic nitrogens is 2. The third-order valence-electron chi connectivity index (χ3n) is 4.09. The first-order valence-corrected chi connectivity index (χ1v) is 8.75. The molecule has 29 heavy (non-hydrogen) atoms. The SMILES string of the molecule is COc1ccc(OC)c(Nc2ccc(C(=O)Nc3cccc(C(C)=O)c3)nn2)c1. The second kappa shape index (κ2) is 8.83. The fourth-order valence-electron chi connectivity index (χ4n) is 2.58. The molecule has 1 amide bonds. The summed E-state index contributed by atoms with van der Waals surface area (Å²) >= 11 is 0. The number of ketones is 1. The van der Waals surface area contributed by atoms with Crippen molar-refractivity contribution in [2.45, 2.75) is 6.92 Å². The molecule has 8 nitrogen and oxygen atoms in total. The van der Waals surface area contributed by atoms with Gasteiger partial charge in [0.05, 0.1) is 19.9 Å². The molecule has 8 heteroatoms. The number of anilines is 3. The highest BCUT2D eigenvalue weighted by Gasteiger charge is 2.11. The number of hydrogen-bond donors (Lipinski definition) is 2. The van der Waals surface area contributed by atoms with E-state index in [0.717, 1.165) is 0 Å². The molecule has 0 saturated heterocycles. The van der Waals surface area contributed by atoms with Crippen LogP contribution in [-0.2, 0) is 0 Å². The van der Waals surface area contributed by atoms with E-state index in [2.05, 4.69) is 20.8 Å². The van der Waals surface area contributed by atoms with Gasteiger partial charge in [0.2, 0.25) is 0 Å². The number of carbonyl (C=O) groups is 2. The topological polar surface area (TPSA) is 102 Å². The van der Waals surface area contributed by atoms with E-state index in [1.54, 1.807) is 68.8 Å². The Kier molecular flexibility index (Phi) is 6.03. The van der Waals surface area contributed by atoms with E-state index < -0.39 is 5.91 Å². The van der Waals surface area contributed by atoms with Gasteiger partial charge in [-0.3, -0.25) is 9.59 Å². The first-order chi connectivity index (χ1) is 14.0. The van der Waals surface area contributed by atoms with Crippen LogP contribution in [-0.4, -0.2) is 36.1 Å². The van der Waals surface area contributed by atoms with Crippen molar-refractivity contribution in [3.8, 4) is 11.5 Å². The fourth-order valence-corrected chi connectivity index (χ4v) is 2.58. The Morgan fingerprint density at radius 2 is 1.76 bits per heavy atom. The van der Waals surface area contributed by atoms with Gasteiger partial charge in [0.25, 0.3) is 5.91 Å². The number of nitrogens with zero attached hydrogens (tertiary/aromatic N) is 2. The van der Waals surface area contributed by atoms with Crippen molar-refractivity contribution in [1.29, 1.82) is 0 Å². The lowest BCUT2D eigenvalue weighted by atomic mass is 10.1. The molecule has 0 radical (unpaired) electrons. The number of Topliss-reactive ketones (excluding diaryl/α,β-unsaturated/α-hetero) is 1. The molecule has 0 aliphatic heterocycles. The Bertz CT molecular complexity index is 1040. The summed E-state index contributed by atoms with van der Waals surface area (Å²) in [5.74, 6) is 1.20. The van der Waals surface area contributed by atoms with E-state index >= 15 is 0 Å². The quantitative estimate of drug-likeness (QED) is 0.591. The molecule has 3 aromatic rings. The lowest BCUT2D eigenvalue weighted by molar-refractivity contribution is 0.100. The van der Waals surface area contributed by atoms with Crippen LogP contribution >= 0.6 is 0 Å². The number of nitrogens with one attached hydrogen (secondary N) is 2. The van der Waals surface area contributed by atoms with Gasteiger partial charge in [0.1, 0.15) is 11.5 Å². The summed E-state index contributed by atoms with van der Waals surface area (Å²) in [6.07, 6.45) is 0. The Morgan fingerprint density at radius 1 is 0.931 bits per heavy atom. The van der Waals surface area contributed by atoms with Crippen molar-refractivity contribution in [3.63, 3.8) is 0 Å². The number of carbonyl (C=O) groups excluding carboxylic acids is 2. The van der Waals surface area contributed by atoms with Crippen LogP contribution in [0.5, 0.6) is 11.5 Å². The molecule has 0 bridgehead atoms. The molecule has 148 valence electrons. The average molecular weight is 392 g/mol. The minimum absolute atomic E-state index is 0.0794. The third kappa shape index (κ3) is 4.86. The van der Waals surface area contributed by atoms with Gasteiger partial charge in [-0.15, -0.1) is 10.2 Å². The maximum absolute atomic E-state index is 12.4. The minimum atomic E-state index is -0.427. The lowest BCUT2D eigenvalue weighted by Gasteiger charge is -2.12. The summed E-state index contributed by atoms with van der Waals surface area (Å²) in [6.45, 7) is 1.47. The maximum Gasteiger partial charge on any atom is 0.276 e. The highest BCUT2D eigenvalue weighted by Crippen LogP contribution is 2.30. The molecular weight excluding hydrogens is 372 g/mol. The Labute approximate surface area is 167 Å². The van der Waals surface area contributed by atoms with Crippen LogP contribution in [0.15, 0.2) is 54.6 Å². The fraction of sp³-hybridized carbons (Fsp3) is 0.143. The Morgan fingerprint density at radius 3 is 2.41 bits per heavy atom. The second-order valence-electron chi connectivity index (χ2n) is 6.09. The van der Waals surface area contributed by atoms with Gasteiger partial charge < -0.3 is 20.1 Å². The highest BCUT2D eigenvalue weighted by atomic mass is 16.5. The molecule has 1 aromatic heterocycles. The molecule has 0 unspecified atom stereocenters. The van der Waals surface area contributed by atoms with E-state index in [0.29, 0.717) is 34.3 Å². The molecule has 0 aliphatic rings. The smallest absolute Gasteiger partial charge is 0.276 e. The molecule has 3 rings (SSSR count). The molecule has 0 saturated carbocycles. The molecular formula is C21H20N4O4. The summed E-state index contributed by atoms with van der Waals surface area (Å²) in [6, 6.07) is 15.2. The van der Waals surface area contributed by atoms with Crippen molar-refractivity contribution < 1.29 is 19.1 Å². The summed E-state index contributed by atoms with van der Waals surface area (Å²) in [5, 5.41) is 13.8.